The number of benzene rings is 1. The minimum Gasteiger partial charge on any atom is -0.348 e. The highest BCUT2D eigenvalue weighted by atomic mass is 19.1. The van der Waals surface area contributed by atoms with Gasteiger partial charge < -0.3 is 14.9 Å². The van der Waals surface area contributed by atoms with Crippen LogP contribution in [-0.4, -0.2) is 33.9 Å². The Labute approximate surface area is 153 Å². The Bertz CT molecular complexity index is 1130. The largest absolute Gasteiger partial charge is 0.348 e. The number of piperidine rings is 1. The average molecular weight is 367 g/mol. The number of halogens is 1. The number of likely N-dealkylation sites (tertiary alicyclic amines) is 1. The molecule has 0 atom stereocenters. The van der Waals surface area contributed by atoms with E-state index in [-0.39, 0.29) is 39.4 Å². The quantitative estimate of drug-likeness (QED) is 0.729. The number of aromatic amines is 2. The molecule has 27 heavy (non-hydrogen) atoms. The average Bonchev–Trinajstić information content (AvgIpc) is 2.68. The van der Waals surface area contributed by atoms with Crippen molar-refractivity contribution >= 4 is 16.8 Å². The third kappa shape index (κ3) is 3.28. The maximum absolute atomic E-state index is 14.0. The first-order chi connectivity index (χ1) is 13.0. The summed E-state index contributed by atoms with van der Waals surface area (Å²) in [5.74, 6) is -0.668. The molecule has 138 valence electrons. The fourth-order valence-corrected chi connectivity index (χ4v) is 3.65. The highest BCUT2D eigenvalue weighted by Gasteiger charge is 2.25. The van der Waals surface area contributed by atoms with E-state index in [0.717, 1.165) is 18.4 Å². The number of carbonyl (C=O) groups is 1. The highest BCUT2D eigenvalue weighted by Crippen LogP contribution is 2.27. The Balaban J connectivity index is 1.55. The van der Waals surface area contributed by atoms with E-state index in [4.69, 9.17) is 0 Å². The zero-order chi connectivity index (χ0) is 19.0. The summed E-state index contributed by atoms with van der Waals surface area (Å²) >= 11 is 0. The number of aromatic nitrogens is 2. The third-order valence-corrected chi connectivity index (χ3v) is 5.10. The number of rotatable bonds is 2. The number of carbonyl (C=O) groups excluding carboxylic acids is 1. The van der Waals surface area contributed by atoms with E-state index in [9.17, 15) is 18.8 Å². The van der Waals surface area contributed by atoms with Crippen LogP contribution >= 0.6 is 0 Å². The van der Waals surface area contributed by atoms with Gasteiger partial charge in [-0.2, -0.15) is 0 Å². The van der Waals surface area contributed by atoms with E-state index >= 15 is 0 Å². The van der Waals surface area contributed by atoms with Crippen molar-refractivity contribution in [3.63, 3.8) is 0 Å². The second kappa shape index (κ2) is 6.83. The molecule has 3 aromatic rings. The molecule has 1 fully saturated rings. The van der Waals surface area contributed by atoms with Crippen LogP contribution in [0.4, 0.5) is 4.39 Å². The van der Waals surface area contributed by atoms with Crippen molar-refractivity contribution in [2.24, 2.45) is 0 Å². The van der Waals surface area contributed by atoms with E-state index in [1.807, 2.05) is 6.07 Å². The van der Waals surface area contributed by atoms with Gasteiger partial charge in [0.1, 0.15) is 11.5 Å². The molecule has 1 aliphatic rings. The van der Waals surface area contributed by atoms with Gasteiger partial charge in [-0.3, -0.25) is 14.4 Å². The maximum Gasteiger partial charge on any atom is 0.270 e. The zero-order valence-electron chi connectivity index (χ0n) is 14.5. The fraction of sp³-hybridized carbons (Fsp3) is 0.250. The van der Waals surface area contributed by atoms with Gasteiger partial charge in [-0.05, 0) is 42.5 Å². The summed E-state index contributed by atoms with van der Waals surface area (Å²) < 4.78 is 14.0. The minimum atomic E-state index is -0.563. The molecule has 0 saturated carbocycles. The van der Waals surface area contributed by atoms with Crippen molar-refractivity contribution in [2.75, 3.05) is 13.1 Å². The van der Waals surface area contributed by atoms with E-state index in [2.05, 4.69) is 9.97 Å². The Morgan fingerprint density at radius 1 is 1.11 bits per heavy atom. The number of hydrogen-bond acceptors (Lipinski definition) is 3. The lowest BCUT2D eigenvalue weighted by molar-refractivity contribution is 0.0707. The van der Waals surface area contributed by atoms with E-state index in [1.165, 1.54) is 24.3 Å². The molecule has 0 spiro atoms. The molecule has 0 unspecified atom stereocenters. The van der Waals surface area contributed by atoms with Crippen LogP contribution in [0, 0.1) is 5.82 Å². The summed E-state index contributed by atoms with van der Waals surface area (Å²) in [5, 5.41) is 0.222. The summed E-state index contributed by atoms with van der Waals surface area (Å²) in [4.78, 5) is 43.5. The molecule has 0 aliphatic carbocycles. The number of nitrogens with zero attached hydrogens (tertiary/aromatic N) is 1. The van der Waals surface area contributed by atoms with Crippen molar-refractivity contribution in [1.82, 2.24) is 14.9 Å². The van der Waals surface area contributed by atoms with Gasteiger partial charge in [-0.15, -0.1) is 0 Å². The standard InChI is InChI=1S/C20H18FN3O3/c21-15-3-1-2-14-17(25)11-16(23-19(14)15)20(27)24-8-5-12(6-9-24)13-4-7-22-18(26)10-13/h1-4,7,10-12H,5-6,8-9H2,(H,22,26)(H,23,25). The Hall–Kier alpha value is -3.22. The van der Waals surface area contributed by atoms with Crippen LogP contribution in [0.25, 0.3) is 10.9 Å². The van der Waals surface area contributed by atoms with Crippen LogP contribution in [0.2, 0.25) is 0 Å². The number of amides is 1. The smallest absolute Gasteiger partial charge is 0.270 e. The lowest BCUT2D eigenvalue weighted by atomic mass is 9.90. The SMILES string of the molecule is O=C(c1cc(=O)c2cccc(F)c2[nH]1)N1CCC(c2cc[nH]c(=O)c2)CC1. The van der Waals surface area contributed by atoms with Gasteiger partial charge in [0.2, 0.25) is 5.56 Å². The second-order valence-corrected chi connectivity index (χ2v) is 6.76. The molecule has 1 amide bonds. The molecule has 2 N–H and O–H groups in total. The van der Waals surface area contributed by atoms with Crippen molar-refractivity contribution in [2.45, 2.75) is 18.8 Å². The number of fused-ring (bicyclic) bond motifs is 1. The summed E-state index contributed by atoms with van der Waals surface area (Å²) in [7, 11) is 0. The molecule has 1 aromatic carbocycles. The number of nitrogens with one attached hydrogen (secondary N) is 2. The molecule has 4 rings (SSSR count). The Morgan fingerprint density at radius 3 is 2.63 bits per heavy atom. The first kappa shape index (κ1) is 17.2. The van der Waals surface area contributed by atoms with Crippen LogP contribution in [0.1, 0.15) is 34.8 Å². The molecule has 6 nitrogen and oxygen atoms in total. The minimum absolute atomic E-state index is 0.0479. The van der Waals surface area contributed by atoms with Gasteiger partial charge in [0.15, 0.2) is 5.43 Å². The topological polar surface area (TPSA) is 86.0 Å². The first-order valence-corrected chi connectivity index (χ1v) is 8.82. The maximum atomic E-state index is 14.0. The normalized spacial score (nSPS) is 15.2. The van der Waals surface area contributed by atoms with Gasteiger partial charge in [0, 0.05) is 36.8 Å². The summed E-state index contributed by atoms with van der Waals surface area (Å²) in [6.45, 7) is 1.02. The Kier molecular flexibility index (Phi) is 4.35. The van der Waals surface area contributed by atoms with Crippen LogP contribution in [0.15, 0.2) is 52.2 Å². The summed E-state index contributed by atoms with van der Waals surface area (Å²) in [6, 6.07) is 8.94. The van der Waals surface area contributed by atoms with Gasteiger partial charge in [0.25, 0.3) is 5.91 Å². The molecule has 7 heteroatoms. The van der Waals surface area contributed by atoms with Crippen LogP contribution in [-0.2, 0) is 0 Å². The summed E-state index contributed by atoms with van der Waals surface area (Å²) in [5.41, 5.74) is 0.581. The highest BCUT2D eigenvalue weighted by molar-refractivity contribution is 5.95. The number of H-pyrrole nitrogens is 2. The van der Waals surface area contributed by atoms with Crippen molar-refractivity contribution in [3.8, 4) is 0 Å². The predicted molar refractivity (Wildman–Crippen MR) is 99.5 cm³/mol. The predicted octanol–water partition coefficient (Wildman–Crippen LogP) is 2.38. The van der Waals surface area contributed by atoms with Gasteiger partial charge in [-0.25, -0.2) is 4.39 Å². The lowest BCUT2D eigenvalue weighted by Gasteiger charge is -2.32. The van der Waals surface area contributed by atoms with Crippen LogP contribution in [0.5, 0.6) is 0 Å². The van der Waals surface area contributed by atoms with Crippen LogP contribution in [0.3, 0.4) is 0 Å². The lowest BCUT2D eigenvalue weighted by Crippen LogP contribution is -2.38. The molecular weight excluding hydrogens is 349 g/mol. The van der Waals surface area contributed by atoms with Crippen molar-refractivity contribution in [1.29, 1.82) is 0 Å². The number of hydrogen-bond donors (Lipinski definition) is 2. The first-order valence-electron chi connectivity index (χ1n) is 8.82. The van der Waals surface area contributed by atoms with Crippen LogP contribution < -0.4 is 11.0 Å². The van der Waals surface area contributed by atoms with E-state index in [1.54, 1.807) is 17.2 Å². The summed E-state index contributed by atoms with van der Waals surface area (Å²) in [6.07, 6.45) is 3.08. The van der Waals surface area contributed by atoms with Crippen molar-refractivity contribution in [3.05, 3.63) is 80.2 Å². The Morgan fingerprint density at radius 2 is 1.89 bits per heavy atom. The third-order valence-electron chi connectivity index (χ3n) is 5.10. The number of para-hydroxylation sites is 1. The van der Waals surface area contributed by atoms with Gasteiger partial charge in [0.05, 0.1) is 5.52 Å². The molecule has 0 radical (unpaired) electrons. The van der Waals surface area contributed by atoms with E-state index in [0.29, 0.717) is 13.1 Å². The number of pyridine rings is 2. The molecule has 2 aromatic heterocycles. The van der Waals surface area contributed by atoms with E-state index < -0.39 is 5.82 Å². The molecule has 3 heterocycles. The zero-order valence-corrected chi connectivity index (χ0v) is 14.5. The fourth-order valence-electron chi connectivity index (χ4n) is 3.65. The molecule has 1 aliphatic heterocycles. The van der Waals surface area contributed by atoms with Gasteiger partial charge >= 0.3 is 0 Å². The molecular formula is C20H18FN3O3. The van der Waals surface area contributed by atoms with Gasteiger partial charge in [-0.1, -0.05) is 6.07 Å². The second-order valence-electron chi connectivity index (χ2n) is 6.76. The monoisotopic (exact) mass is 367 g/mol. The molecule has 1 saturated heterocycles. The van der Waals surface area contributed by atoms with Crippen molar-refractivity contribution < 1.29 is 9.18 Å². The molecule has 0 bridgehead atoms.